The van der Waals surface area contributed by atoms with Crippen molar-refractivity contribution in [2.24, 2.45) is 17.6 Å². The normalized spacial score (nSPS) is 16.0. The number of ketones is 1. The number of hydrogen-bond donors (Lipinski definition) is 5. The Kier molecular flexibility index (Phi) is 14.7. The number of Topliss-reactive ketones (excluding diaryl/α,β-unsaturated/α-hetero) is 1. The molecule has 0 radical (unpaired) electrons. The van der Waals surface area contributed by atoms with Gasteiger partial charge in [0.05, 0.1) is 19.2 Å². The van der Waals surface area contributed by atoms with Crippen LogP contribution in [0.3, 0.4) is 0 Å². The fourth-order valence-electron chi connectivity index (χ4n) is 5.71. The molecule has 0 aliphatic carbocycles. The fraction of sp³-hybridized carbons (Fsp3) is 0.528. The number of hydrogen-bond acceptors (Lipinski definition) is 8. The van der Waals surface area contributed by atoms with Gasteiger partial charge in [-0.3, -0.25) is 28.8 Å². The van der Waals surface area contributed by atoms with Crippen LogP contribution in [0.1, 0.15) is 65.9 Å². The zero-order valence-electron chi connectivity index (χ0n) is 29.5. The van der Waals surface area contributed by atoms with Gasteiger partial charge in [-0.05, 0) is 47.4 Å². The SMILES string of the molecule is CCCC(NC(=O)[C@@H]1CCCN1C(=O)C(NC(=O)OCC(C)C)C(C)C)C(=O)C(=O)NCC(=O)NC(Cc1ccc2ccccc2c1)C(N)=O. The van der Waals surface area contributed by atoms with Crippen molar-refractivity contribution in [3.63, 3.8) is 0 Å². The van der Waals surface area contributed by atoms with Gasteiger partial charge in [-0.25, -0.2) is 4.79 Å². The van der Waals surface area contributed by atoms with E-state index in [4.69, 9.17) is 10.5 Å². The molecule has 1 heterocycles. The molecule has 1 aliphatic heterocycles. The molecule has 14 nitrogen and oxygen atoms in total. The van der Waals surface area contributed by atoms with Gasteiger partial charge in [-0.15, -0.1) is 0 Å². The van der Waals surface area contributed by atoms with Crippen LogP contribution in [0.15, 0.2) is 42.5 Å². The molecule has 0 aromatic heterocycles. The topological polar surface area (TPSA) is 206 Å². The Morgan fingerprint density at radius 1 is 0.920 bits per heavy atom. The number of likely N-dealkylation sites (tertiary alicyclic amines) is 1. The molecule has 3 rings (SSSR count). The first kappa shape index (κ1) is 39.4. The minimum atomic E-state index is -1.20. The minimum Gasteiger partial charge on any atom is -0.449 e. The standard InChI is InChI=1S/C36H50N6O8/c1-6-10-26(40-33(46)28-13-9-16-42(28)35(48)30(22(4)5)41-36(49)50-20-21(2)3)31(44)34(47)38-19-29(43)39-27(32(37)45)18-23-14-15-24-11-7-8-12-25(24)17-23/h7-8,11-12,14-15,17,21-22,26-28,30H,6,9-10,13,16,18-20H2,1-5H3,(H2,37,45)(H,38,47)(H,39,43)(H,40,46)(H,41,49)/t26?,27?,28-,30?/m0/s1. The predicted molar refractivity (Wildman–Crippen MR) is 186 cm³/mol. The van der Waals surface area contributed by atoms with Gasteiger partial charge in [0.1, 0.15) is 18.1 Å². The maximum Gasteiger partial charge on any atom is 0.407 e. The first-order valence-corrected chi connectivity index (χ1v) is 17.1. The molecule has 14 heteroatoms. The number of amides is 6. The van der Waals surface area contributed by atoms with Crippen LogP contribution in [-0.4, -0.2) is 90.2 Å². The highest BCUT2D eigenvalue weighted by Gasteiger charge is 2.40. The van der Waals surface area contributed by atoms with Crippen molar-refractivity contribution in [2.75, 3.05) is 19.7 Å². The summed E-state index contributed by atoms with van der Waals surface area (Å²) in [5.74, 6) is -4.78. The third kappa shape index (κ3) is 11.3. The molecule has 4 atom stereocenters. The lowest BCUT2D eigenvalue weighted by atomic mass is 10.0. The summed E-state index contributed by atoms with van der Waals surface area (Å²) in [6, 6.07) is 9.20. The summed E-state index contributed by atoms with van der Waals surface area (Å²) in [6.07, 6.45) is 0.847. The third-order valence-electron chi connectivity index (χ3n) is 8.37. The summed E-state index contributed by atoms with van der Waals surface area (Å²) in [4.78, 5) is 91.5. The van der Waals surface area contributed by atoms with Gasteiger partial charge in [0.2, 0.25) is 29.4 Å². The lowest BCUT2D eigenvalue weighted by Gasteiger charge is -2.31. The van der Waals surface area contributed by atoms with E-state index in [0.717, 1.165) is 16.3 Å². The fourth-order valence-corrected chi connectivity index (χ4v) is 5.71. The maximum atomic E-state index is 13.5. The number of primary amides is 1. The van der Waals surface area contributed by atoms with Gasteiger partial charge >= 0.3 is 6.09 Å². The second-order valence-corrected chi connectivity index (χ2v) is 13.4. The summed E-state index contributed by atoms with van der Waals surface area (Å²) >= 11 is 0. The highest BCUT2D eigenvalue weighted by Crippen LogP contribution is 2.21. The van der Waals surface area contributed by atoms with Crippen LogP contribution in [0, 0.1) is 11.8 Å². The van der Waals surface area contributed by atoms with E-state index in [2.05, 4.69) is 21.3 Å². The molecule has 1 aliphatic rings. The number of carbonyl (C=O) groups excluding carboxylic acids is 7. The number of nitrogens with two attached hydrogens (primary N) is 1. The van der Waals surface area contributed by atoms with Crippen LogP contribution in [-0.2, 0) is 39.9 Å². The molecule has 2 aromatic carbocycles. The Morgan fingerprint density at radius 3 is 2.26 bits per heavy atom. The molecule has 6 amide bonds. The van der Waals surface area contributed by atoms with Gasteiger partial charge in [-0.1, -0.05) is 83.5 Å². The van der Waals surface area contributed by atoms with Gasteiger partial charge in [-0.2, -0.15) is 0 Å². The number of ether oxygens (including phenoxy) is 1. The Bertz CT molecular complexity index is 1560. The summed E-state index contributed by atoms with van der Waals surface area (Å²) in [6.45, 7) is 8.95. The van der Waals surface area contributed by atoms with E-state index in [-0.39, 0.29) is 37.8 Å². The third-order valence-corrected chi connectivity index (χ3v) is 8.37. The zero-order chi connectivity index (χ0) is 37.0. The van der Waals surface area contributed by atoms with Gasteiger partial charge in [0, 0.05) is 13.0 Å². The highest BCUT2D eigenvalue weighted by molar-refractivity contribution is 6.38. The number of nitrogens with zero attached hydrogens (tertiary/aromatic N) is 1. The van der Waals surface area contributed by atoms with E-state index >= 15 is 0 Å². The Hall–Kier alpha value is -5.01. The van der Waals surface area contributed by atoms with Gasteiger partial charge < -0.3 is 36.6 Å². The average molecular weight is 695 g/mol. The summed E-state index contributed by atoms with van der Waals surface area (Å²) in [5.41, 5.74) is 6.31. The second-order valence-electron chi connectivity index (χ2n) is 13.4. The monoisotopic (exact) mass is 694 g/mol. The Morgan fingerprint density at radius 2 is 1.62 bits per heavy atom. The van der Waals surface area contributed by atoms with Crippen LogP contribution in [0.4, 0.5) is 4.79 Å². The van der Waals surface area contributed by atoms with Crippen molar-refractivity contribution in [3.8, 4) is 0 Å². The number of benzene rings is 2. The molecule has 0 saturated carbocycles. The van der Waals surface area contributed by atoms with Gasteiger partial charge in [0.15, 0.2) is 0 Å². The van der Waals surface area contributed by atoms with Gasteiger partial charge in [0.25, 0.3) is 5.91 Å². The molecular formula is C36H50N6O8. The zero-order valence-corrected chi connectivity index (χ0v) is 29.5. The minimum absolute atomic E-state index is 0.111. The lowest BCUT2D eigenvalue weighted by Crippen LogP contribution is -2.57. The smallest absolute Gasteiger partial charge is 0.407 e. The Labute approximate surface area is 292 Å². The molecule has 6 N–H and O–H groups in total. The highest BCUT2D eigenvalue weighted by atomic mass is 16.5. The number of rotatable bonds is 17. The van der Waals surface area contributed by atoms with Crippen LogP contribution < -0.4 is 27.0 Å². The maximum absolute atomic E-state index is 13.5. The molecule has 3 unspecified atom stereocenters. The molecule has 272 valence electrons. The van der Waals surface area contributed by atoms with E-state index in [1.54, 1.807) is 20.8 Å². The van der Waals surface area contributed by atoms with Crippen molar-refractivity contribution in [1.82, 2.24) is 26.2 Å². The van der Waals surface area contributed by atoms with Crippen molar-refractivity contribution < 1.29 is 38.3 Å². The molecule has 50 heavy (non-hydrogen) atoms. The van der Waals surface area contributed by atoms with Crippen molar-refractivity contribution in [2.45, 2.75) is 90.9 Å². The molecule has 2 aromatic rings. The van der Waals surface area contributed by atoms with Crippen LogP contribution in [0.5, 0.6) is 0 Å². The van der Waals surface area contributed by atoms with E-state index in [1.165, 1.54) is 4.90 Å². The van der Waals surface area contributed by atoms with Crippen LogP contribution in [0.2, 0.25) is 0 Å². The second kappa shape index (κ2) is 18.7. The first-order valence-electron chi connectivity index (χ1n) is 17.1. The number of fused-ring (bicyclic) bond motifs is 1. The quantitative estimate of drug-likeness (QED) is 0.154. The summed E-state index contributed by atoms with van der Waals surface area (Å²) < 4.78 is 5.18. The molecule has 1 saturated heterocycles. The number of alkyl carbamates (subject to hydrolysis) is 1. The number of nitrogens with one attached hydrogen (secondary N) is 4. The molecule has 0 spiro atoms. The van der Waals surface area contributed by atoms with E-state index in [1.807, 2.05) is 56.3 Å². The van der Waals surface area contributed by atoms with Crippen molar-refractivity contribution in [3.05, 3.63) is 48.0 Å². The van der Waals surface area contributed by atoms with Crippen LogP contribution in [0.25, 0.3) is 10.8 Å². The first-order chi connectivity index (χ1) is 23.7. The molecular weight excluding hydrogens is 644 g/mol. The molecule has 1 fully saturated rings. The summed E-state index contributed by atoms with van der Waals surface area (Å²) in [7, 11) is 0. The van der Waals surface area contributed by atoms with Crippen molar-refractivity contribution >= 4 is 52.2 Å². The summed E-state index contributed by atoms with van der Waals surface area (Å²) in [5, 5.41) is 12.0. The van der Waals surface area contributed by atoms with E-state index < -0.39 is 72.1 Å². The van der Waals surface area contributed by atoms with Crippen LogP contribution >= 0.6 is 0 Å². The van der Waals surface area contributed by atoms with E-state index in [0.29, 0.717) is 19.3 Å². The predicted octanol–water partition coefficient (Wildman–Crippen LogP) is 1.72. The number of carbonyl (C=O) groups is 7. The average Bonchev–Trinajstić information content (AvgIpc) is 3.57. The lowest BCUT2D eigenvalue weighted by molar-refractivity contribution is -0.143. The largest absolute Gasteiger partial charge is 0.449 e. The molecule has 0 bridgehead atoms. The van der Waals surface area contributed by atoms with Crippen molar-refractivity contribution in [1.29, 1.82) is 0 Å². The Balaban J connectivity index is 1.58. The van der Waals surface area contributed by atoms with E-state index in [9.17, 15) is 33.6 Å².